The normalized spacial score (nSPS) is 22.1. The van der Waals surface area contributed by atoms with Gasteiger partial charge in [-0.2, -0.15) is 0 Å². The third-order valence-corrected chi connectivity index (χ3v) is 4.04. The van der Waals surface area contributed by atoms with Crippen LogP contribution in [0.2, 0.25) is 5.02 Å². The molecule has 0 saturated carbocycles. The molecule has 1 aliphatic heterocycles. The summed E-state index contributed by atoms with van der Waals surface area (Å²) in [7, 11) is 0. The smallest absolute Gasteiger partial charge is 0.209 e. The van der Waals surface area contributed by atoms with Crippen molar-refractivity contribution in [2.24, 2.45) is 0 Å². The van der Waals surface area contributed by atoms with E-state index in [0.29, 0.717) is 5.02 Å². The molecule has 0 aromatic heterocycles. The zero-order valence-corrected chi connectivity index (χ0v) is 11.2. The first kappa shape index (κ1) is 11.9. The fourth-order valence-corrected chi connectivity index (χ4v) is 2.96. The number of hydrogen-bond donors (Lipinski definition) is 0. The molecule has 0 radical (unpaired) electrons. The fraction of sp³-hybridized carbons (Fsp3) is 0.200. The molecule has 0 amide bonds. The van der Waals surface area contributed by atoms with Gasteiger partial charge in [0.25, 0.3) is 0 Å². The van der Waals surface area contributed by atoms with Gasteiger partial charge in [0, 0.05) is 17.0 Å². The molecule has 1 aliphatic rings. The van der Waals surface area contributed by atoms with Crippen molar-refractivity contribution in [3.05, 3.63) is 64.7 Å². The van der Waals surface area contributed by atoms with E-state index in [1.54, 1.807) is 0 Å². The van der Waals surface area contributed by atoms with Gasteiger partial charge in [-0.1, -0.05) is 59.6 Å². The third-order valence-electron chi connectivity index (χ3n) is 3.24. The number of aryl methyl sites for hydroxylation is 1. The standard InChI is InChI=1S/C15H12Cl2O/c16-13-7-3-2-6-12(13)15(17)10-9-11-5-1-4-8-14(11)18-15/h1-8H,9-10H2. The summed E-state index contributed by atoms with van der Waals surface area (Å²) in [6.45, 7) is 0. The van der Waals surface area contributed by atoms with E-state index in [9.17, 15) is 0 Å². The largest absolute Gasteiger partial charge is 0.467 e. The van der Waals surface area contributed by atoms with Crippen LogP contribution in [0.3, 0.4) is 0 Å². The minimum absolute atomic E-state index is 0.645. The number of hydrogen-bond acceptors (Lipinski definition) is 1. The van der Waals surface area contributed by atoms with Crippen molar-refractivity contribution in [1.29, 1.82) is 0 Å². The van der Waals surface area contributed by atoms with Gasteiger partial charge in [-0.25, -0.2) is 0 Å². The number of rotatable bonds is 1. The number of halogens is 2. The van der Waals surface area contributed by atoms with Gasteiger partial charge in [0.2, 0.25) is 5.06 Å². The highest BCUT2D eigenvalue weighted by Gasteiger charge is 2.37. The summed E-state index contributed by atoms with van der Waals surface area (Å²) in [5, 5.41) is -0.209. The topological polar surface area (TPSA) is 9.23 Å². The Bertz CT molecular complexity index is 582. The van der Waals surface area contributed by atoms with Crippen LogP contribution < -0.4 is 4.74 Å². The van der Waals surface area contributed by atoms with E-state index in [1.807, 2.05) is 42.5 Å². The quantitative estimate of drug-likeness (QED) is 0.684. The van der Waals surface area contributed by atoms with Crippen molar-refractivity contribution in [2.45, 2.75) is 17.9 Å². The molecule has 0 aliphatic carbocycles. The average molecular weight is 279 g/mol. The lowest BCUT2D eigenvalue weighted by atomic mass is 9.97. The van der Waals surface area contributed by atoms with E-state index in [1.165, 1.54) is 5.56 Å². The maximum atomic E-state index is 6.63. The summed E-state index contributed by atoms with van der Waals surface area (Å²) >= 11 is 12.8. The average Bonchev–Trinajstić information content (AvgIpc) is 2.39. The van der Waals surface area contributed by atoms with E-state index in [2.05, 4.69) is 6.07 Å². The molecule has 1 atom stereocenters. The predicted octanol–water partition coefficient (Wildman–Crippen LogP) is 4.76. The monoisotopic (exact) mass is 278 g/mol. The van der Waals surface area contributed by atoms with Gasteiger partial charge in [-0.15, -0.1) is 0 Å². The maximum absolute atomic E-state index is 6.63. The molecule has 1 unspecified atom stereocenters. The van der Waals surface area contributed by atoms with Gasteiger partial charge in [-0.05, 0) is 24.1 Å². The Morgan fingerprint density at radius 3 is 2.56 bits per heavy atom. The molecule has 1 heterocycles. The molecule has 0 saturated heterocycles. The minimum atomic E-state index is -0.854. The first-order valence-corrected chi connectivity index (χ1v) is 6.65. The summed E-state index contributed by atoms with van der Waals surface area (Å²) in [6.07, 6.45) is 1.61. The lowest BCUT2D eigenvalue weighted by molar-refractivity contribution is 0.130. The number of alkyl halides is 1. The van der Waals surface area contributed by atoms with Gasteiger partial charge in [-0.3, -0.25) is 0 Å². The Labute approximate surface area is 116 Å². The molecular formula is C15H12Cl2O. The van der Waals surface area contributed by atoms with Crippen LogP contribution in [0.25, 0.3) is 0 Å². The Hall–Kier alpha value is -1.18. The molecule has 1 nitrogen and oxygen atoms in total. The van der Waals surface area contributed by atoms with Crippen molar-refractivity contribution < 1.29 is 4.74 Å². The van der Waals surface area contributed by atoms with Gasteiger partial charge < -0.3 is 4.74 Å². The van der Waals surface area contributed by atoms with Crippen LogP contribution >= 0.6 is 23.2 Å². The second kappa shape index (κ2) is 4.49. The fourth-order valence-electron chi connectivity index (χ4n) is 2.28. The Morgan fingerprint density at radius 1 is 1.00 bits per heavy atom. The first-order chi connectivity index (χ1) is 8.69. The minimum Gasteiger partial charge on any atom is -0.467 e. The van der Waals surface area contributed by atoms with E-state index < -0.39 is 5.06 Å². The number of ether oxygens (including phenoxy) is 1. The van der Waals surface area contributed by atoms with Crippen molar-refractivity contribution in [1.82, 2.24) is 0 Å². The molecule has 92 valence electrons. The second-order valence-corrected chi connectivity index (χ2v) is 5.44. The third kappa shape index (κ3) is 1.98. The lowest BCUT2D eigenvalue weighted by Gasteiger charge is -2.34. The van der Waals surface area contributed by atoms with Crippen molar-refractivity contribution >= 4 is 23.2 Å². The number of fused-ring (bicyclic) bond motifs is 1. The maximum Gasteiger partial charge on any atom is 0.209 e. The van der Waals surface area contributed by atoms with Crippen LogP contribution in [0, 0.1) is 0 Å². The number of para-hydroxylation sites is 1. The molecule has 2 aromatic rings. The van der Waals surface area contributed by atoms with Crippen LogP contribution in [-0.4, -0.2) is 0 Å². The second-order valence-electron chi connectivity index (χ2n) is 4.42. The van der Waals surface area contributed by atoms with Crippen molar-refractivity contribution in [3.63, 3.8) is 0 Å². The molecule has 3 rings (SSSR count). The molecular weight excluding hydrogens is 267 g/mol. The van der Waals surface area contributed by atoms with Crippen LogP contribution in [0.15, 0.2) is 48.5 Å². The highest BCUT2D eigenvalue weighted by Crippen LogP contribution is 2.44. The Morgan fingerprint density at radius 2 is 1.72 bits per heavy atom. The van der Waals surface area contributed by atoms with Crippen LogP contribution in [0.4, 0.5) is 0 Å². The molecule has 3 heteroatoms. The highest BCUT2D eigenvalue weighted by molar-refractivity contribution is 6.33. The van der Waals surface area contributed by atoms with Crippen LogP contribution in [-0.2, 0) is 11.5 Å². The summed E-state index contributed by atoms with van der Waals surface area (Å²) in [5.41, 5.74) is 2.03. The Kier molecular flexibility index (Phi) is 2.96. The van der Waals surface area contributed by atoms with Crippen molar-refractivity contribution in [3.8, 4) is 5.75 Å². The zero-order valence-electron chi connectivity index (χ0n) is 9.70. The molecule has 2 aromatic carbocycles. The summed E-state index contributed by atoms with van der Waals surface area (Å²) in [6, 6.07) is 15.6. The number of benzene rings is 2. The lowest BCUT2D eigenvalue weighted by Crippen LogP contribution is -2.31. The Balaban J connectivity index is 2.02. The van der Waals surface area contributed by atoms with E-state index in [0.717, 1.165) is 24.2 Å². The van der Waals surface area contributed by atoms with Crippen LogP contribution in [0.5, 0.6) is 5.75 Å². The van der Waals surface area contributed by atoms with E-state index in [-0.39, 0.29) is 0 Å². The molecule has 18 heavy (non-hydrogen) atoms. The van der Waals surface area contributed by atoms with Crippen LogP contribution in [0.1, 0.15) is 17.5 Å². The SMILES string of the molecule is Clc1ccccc1C1(Cl)CCc2ccccc2O1. The predicted molar refractivity (Wildman–Crippen MR) is 74.4 cm³/mol. The zero-order chi connectivity index (χ0) is 12.6. The molecule has 0 spiro atoms. The molecule has 0 bridgehead atoms. The summed E-state index contributed by atoms with van der Waals surface area (Å²) < 4.78 is 5.97. The van der Waals surface area contributed by atoms with E-state index in [4.69, 9.17) is 27.9 Å². The van der Waals surface area contributed by atoms with Gasteiger partial charge >= 0.3 is 0 Å². The first-order valence-electron chi connectivity index (χ1n) is 5.90. The molecule has 0 N–H and O–H groups in total. The van der Waals surface area contributed by atoms with Gasteiger partial charge in [0.05, 0.1) is 0 Å². The van der Waals surface area contributed by atoms with Gasteiger partial charge in [0.1, 0.15) is 5.75 Å². The van der Waals surface area contributed by atoms with Crippen molar-refractivity contribution in [2.75, 3.05) is 0 Å². The molecule has 0 fully saturated rings. The summed E-state index contributed by atoms with van der Waals surface area (Å²) in [4.78, 5) is 0. The van der Waals surface area contributed by atoms with Gasteiger partial charge in [0.15, 0.2) is 0 Å². The summed E-state index contributed by atoms with van der Waals surface area (Å²) in [5.74, 6) is 0.846. The van der Waals surface area contributed by atoms with E-state index >= 15 is 0 Å². The highest BCUT2D eigenvalue weighted by atomic mass is 35.5.